The molecular weight excluding hydrogens is 466 g/mol. The Morgan fingerprint density at radius 1 is 0.652 bits per heavy atom. The Kier molecular flexibility index (Phi) is 25.9. The summed E-state index contributed by atoms with van der Waals surface area (Å²) in [5, 5.41) is 25.0. The van der Waals surface area contributed by atoms with Crippen molar-refractivity contribution in [1.29, 1.82) is 21.0 Å². The van der Waals surface area contributed by atoms with E-state index in [-0.39, 0.29) is 19.8 Å². The summed E-state index contributed by atoms with van der Waals surface area (Å²) in [5.74, 6) is 0. The average Bonchev–Trinajstić information content (AvgIpc) is 2.62. The van der Waals surface area contributed by atoms with Crippen LogP contribution in [0.1, 0.15) is 11.1 Å². The summed E-state index contributed by atoms with van der Waals surface area (Å²) < 4.78 is 0. The van der Waals surface area contributed by atoms with Crippen molar-refractivity contribution >= 4 is 0 Å². The summed E-state index contributed by atoms with van der Waals surface area (Å²) in [6.45, 7) is 23.1. The maximum Gasteiger partial charge on any atom is 4.00 e. The molecule has 0 bridgehead atoms. The summed E-state index contributed by atoms with van der Waals surface area (Å²) >= 11 is 0. The molecule has 0 atom stereocenters. The van der Waals surface area contributed by atoms with Crippen LogP contribution >= 0.6 is 0 Å². The molecule has 0 fully saturated rings. The van der Waals surface area contributed by atoms with Crippen LogP contribution < -0.4 is 0 Å². The van der Waals surface area contributed by atoms with E-state index < -0.39 is 0 Å². The van der Waals surface area contributed by atoms with Crippen molar-refractivity contribution in [3.63, 3.8) is 0 Å². The van der Waals surface area contributed by atoms with E-state index in [4.69, 9.17) is 47.3 Å². The minimum absolute atomic E-state index is 0. The molecule has 0 aliphatic heterocycles. The average molecular weight is 479 g/mol. The zero-order valence-corrected chi connectivity index (χ0v) is 15.0. The molecule has 2 rings (SSSR count). The molecule has 2 heterocycles. The topological polar surface area (TPSA) is 121 Å². The second-order valence-corrected chi connectivity index (χ2v) is 3.44. The first-order valence-electron chi connectivity index (χ1n) is 5.51. The first-order valence-corrected chi connectivity index (χ1v) is 5.51. The Morgan fingerprint density at radius 3 is 1.13 bits per heavy atom. The SMILES string of the molecule is Cc1ccnc(-c2cc(C)ccn2)c1.[C-]#N.[C-]#N.[C-]#N.[C-]#N.[Os+4]. The first-order chi connectivity index (χ1) is 10.8. The fourth-order valence-electron chi connectivity index (χ4n) is 1.35. The van der Waals surface area contributed by atoms with E-state index in [0.29, 0.717) is 0 Å². The Labute approximate surface area is 150 Å². The molecule has 0 radical (unpaired) electrons. The second kappa shape index (κ2) is 21.2. The number of pyridine rings is 2. The second-order valence-electron chi connectivity index (χ2n) is 3.44. The van der Waals surface area contributed by atoms with Crippen LogP contribution in [0.3, 0.4) is 0 Å². The molecule has 2 aromatic rings. The van der Waals surface area contributed by atoms with E-state index in [0.717, 1.165) is 11.4 Å². The molecule has 6 nitrogen and oxygen atoms in total. The molecule has 2 aromatic heterocycles. The van der Waals surface area contributed by atoms with E-state index in [1.54, 1.807) is 0 Å². The van der Waals surface area contributed by atoms with Crippen molar-refractivity contribution in [3.8, 4) is 11.4 Å². The molecule has 0 spiro atoms. The van der Waals surface area contributed by atoms with Gasteiger partial charge in [-0.3, -0.25) is 9.97 Å². The predicted octanol–water partition coefficient (Wildman–Crippen LogP) is 3.14. The smallest absolute Gasteiger partial charge is 0.512 e. The number of hydrogen-bond donors (Lipinski definition) is 0. The summed E-state index contributed by atoms with van der Waals surface area (Å²) in [6.07, 6.45) is 3.63. The first kappa shape index (κ1) is 28.1. The number of rotatable bonds is 1. The maximum atomic E-state index is 6.25. The van der Waals surface area contributed by atoms with Gasteiger partial charge in [-0.15, -0.1) is 0 Å². The summed E-state index contributed by atoms with van der Waals surface area (Å²) in [5.41, 5.74) is 4.29. The minimum atomic E-state index is 0. The third-order valence-electron chi connectivity index (χ3n) is 2.09. The summed E-state index contributed by atoms with van der Waals surface area (Å²) in [4.78, 5) is 8.58. The minimum Gasteiger partial charge on any atom is -0.512 e. The number of aromatic nitrogens is 2. The van der Waals surface area contributed by atoms with Crippen LogP contribution in [0, 0.1) is 61.2 Å². The van der Waals surface area contributed by atoms with Crippen LogP contribution in [0.25, 0.3) is 11.4 Å². The fraction of sp³-hybridized carbons (Fsp3) is 0.125. The Balaban J connectivity index is -0.000000176. The van der Waals surface area contributed by atoms with Crippen LogP contribution in [-0.2, 0) is 19.8 Å². The van der Waals surface area contributed by atoms with Crippen LogP contribution in [-0.4, -0.2) is 9.97 Å². The van der Waals surface area contributed by atoms with Gasteiger partial charge in [0.1, 0.15) is 0 Å². The molecule has 0 aliphatic carbocycles. The monoisotopic (exact) mass is 480 g/mol. The zero-order valence-electron chi connectivity index (χ0n) is 12.5. The van der Waals surface area contributed by atoms with Crippen LogP contribution in [0.4, 0.5) is 0 Å². The standard InChI is InChI=1S/C12H12N2.4CN.Os/c1-9-3-5-13-11(7-9)12-8-10(2)4-6-14-12;4*1-2;/h3-8H,1-2H3;;;;;/q;4*-1;+4. The predicted molar refractivity (Wildman–Crippen MR) is 76.8 cm³/mol. The van der Waals surface area contributed by atoms with Gasteiger partial charge >= 0.3 is 19.8 Å². The van der Waals surface area contributed by atoms with Gasteiger partial charge in [-0.25, -0.2) is 0 Å². The van der Waals surface area contributed by atoms with Crippen molar-refractivity contribution in [2.75, 3.05) is 0 Å². The number of hydrogen-bond acceptors (Lipinski definition) is 6. The molecular formula is C16H12N6Os. The molecule has 0 amide bonds. The molecule has 0 saturated heterocycles. The van der Waals surface area contributed by atoms with Gasteiger partial charge in [0.2, 0.25) is 0 Å². The number of aryl methyl sites for hydroxylation is 2. The van der Waals surface area contributed by atoms with Gasteiger partial charge in [0, 0.05) is 12.4 Å². The molecule has 7 heteroatoms. The summed E-state index contributed by atoms with van der Waals surface area (Å²) in [6, 6.07) is 8.06. The zero-order chi connectivity index (χ0) is 18.0. The molecule has 23 heavy (non-hydrogen) atoms. The third-order valence-corrected chi connectivity index (χ3v) is 2.09. The summed E-state index contributed by atoms with van der Waals surface area (Å²) in [7, 11) is 0. The Bertz CT molecular complexity index is 549. The van der Waals surface area contributed by atoms with Crippen LogP contribution in [0.5, 0.6) is 0 Å². The maximum absolute atomic E-state index is 6.25. The normalized spacial score (nSPS) is 6.52. The van der Waals surface area contributed by atoms with Gasteiger partial charge in [0.15, 0.2) is 0 Å². The van der Waals surface area contributed by atoms with Gasteiger partial charge in [-0.1, -0.05) is 0 Å². The van der Waals surface area contributed by atoms with Crippen molar-refractivity contribution in [1.82, 2.24) is 9.97 Å². The molecule has 0 saturated carbocycles. The Morgan fingerprint density at radius 2 is 0.913 bits per heavy atom. The van der Waals surface area contributed by atoms with E-state index in [1.165, 1.54) is 11.1 Å². The van der Waals surface area contributed by atoms with Crippen LogP contribution in [0.2, 0.25) is 0 Å². The van der Waals surface area contributed by atoms with Gasteiger partial charge in [0.05, 0.1) is 11.4 Å². The molecule has 0 aliphatic rings. The quantitative estimate of drug-likeness (QED) is 0.581. The van der Waals surface area contributed by atoms with Crippen molar-refractivity contribution in [2.24, 2.45) is 0 Å². The number of nitrogens with zero attached hydrogens (tertiary/aromatic N) is 6. The van der Waals surface area contributed by atoms with E-state index in [2.05, 4.69) is 23.8 Å². The molecule has 0 unspecified atom stereocenters. The van der Waals surface area contributed by atoms with Crippen molar-refractivity contribution in [3.05, 3.63) is 74.1 Å². The fourth-order valence-corrected chi connectivity index (χ4v) is 1.35. The molecule has 114 valence electrons. The molecule has 0 N–H and O–H groups in total. The molecule has 0 aromatic carbocycles. The van der Waals surface area contributed by atoms with E-state index >= 15 is 0 Å². The van der Waals surface area contributed by atoms with Gasteiger partial charge < -0.3 is 47.3 Å². The van der Waals surface area contributed by atoms with Gasteiger partial charge in [-0.05, 0) is 49.2 Å². The van der Waals surface area contributed by atoms with Crippen molar-refractivity contribution < 1.29 is 19.8 Å². The third kappa shape index (κ3) is 12.4. The van der Waals surface area contributed by atoms with Crippen LogP contribution in [0.15, 0.2) is 36.7 Å². The van der Waals surface area contributed by atoms with E-state index in [9.17, 15) is 0 Å². The van der Waals surface area contributed by atoms with Crippen molar-refractivity contribution in [2.45, 2.75) is 13.8 Å². The largest absolute Gasteiger partial charge is 4.00 e. The van der Waals surface area contributed by atoms with Gasteiger partial charge in [-0.2, -0.15) is 0 Å². The Hall–Kier alpha value is -3.10. The van der Waals surface area contributed by atoms with E-state index in [1.807, 2.05) is 36.7 Å². The van der Waals surface area contributed by atoms with Gasteiger partial charge in [0.25, 0.3) is 0 Å².